The third-order valence-corrected chi connectivity index (χ3v) is 4.65. The van der Waals surface area contributed by atoms with Gasteiger partial charge in [-0.05, 0) is 37.8 Å². The standard InChI is InChI=1S/C19H30N2O/c1-21(2)19(22)18(16-10-5-3-6-11-16)14-9-15-20-17-12-7-4-8-13-17/h3,5-6,10-11,17-18,20H,4,7-9,12-15H2,1-2H3. The van der Waals surface area contributed by atoms with Crippen molar-refractivity contribution in [1.29, 1.82) is 0 Å². The molecule has 1 amide bonds. The maximum Gasteiger partial charge on any atom is 0.229 e. The van der Waals surface area contributed by atoms with Crippen molar-refractivity contribution in [2.75, 3.05) is 20.6 Å². The number of rotatable bonds is 7. The number of hydrogen-bond donors (Lipinski definition) is 1. The van der Waals surface area contributed by atoms with Crippen molar-refractivity contribution in [2.45, 2.75) is 56.9 Å². The second kappa shape index (κ2) is 8.94. The lowest BCUT2D eigenvalue weighted by Gasteiger charge is -2.24. The molecule has 3 nitrogen and oxygen atoms in total. The Bertz CT molecular complexity index is 438. The van der Waals surface area contributed by atoms with E-state index in [9.17, 15) is 4.79 Å². The first-order chi connectivity index (χ1) is 10.7. The zero-order valence-electron chi connectivity index (χ0n) is 14.1. The van der Waals surface area contributed by atoms with Gasteiger partial charge in [0.05, 0.1) is 5.92 Å². The molecular weight excluding hydrogens is 272 g/mol. The van der Waals surface area contributed by atoms with E-state index in [1.807, 2.05) is 32.3 Å². The van der Waals surface area contributed by atoms with E-state index in [1.54, 1.807) is 4.90 Å². The van der Waals surface area contributed by atoms with Crippen molar-refractivity contribution >= 4 is 5.91 Å². The lowest BCUT2D eigenvalue weighted by atomic mass is 9.92. The van der Waals surface area contributed by atoms with Crippen molar-refractivity contribution in [3.63, 3.8) is 0 Å². The van der Waals surface area contributed by atoms with Crippen LogP contribution >= 0.6 is 0 Å². The third-order valence-electron chi connectivity index (χ3n) is 4.65. The van der Waals surface area contributed by atoms with E-state index in [4.69, 9.17) is 0 Å². The smallest absolute Gasteiger partial charge is 0.229 e. The van der Waals surface area contributed by atoms with Crippen LogP contribution in [0.1, 0.15) is 56.4 Å². The van der Waals surface area contributed by atoms with Crippen LogP contribution in [0.2, 0.25) is 0 Å². The van der Waals surface area contributed by atoms with E-state index in [0.29, 0.717) is 6.04 Å². The molecule has 1 aromatic carbocycles. The molecule has 0 aliphatic heterocycles. The first kappa shape index (κ1) is 17.0. The van der Waals surface area contributed by atoms with Crippen molar-refractivity contribution in [3.8, 4) is 0 Å². The molecule has 0 radical (unpaired) electrons. The van der Waals surface area contributed by atoms with Crippen molar-refractivity contribution in [2.24, 2.45) is 0 Å². The number of likely N-dealkylation sites (N-methyl/N-ethyl adjacent to an activating group) is 1. The van der Waals surface area contributed by atoms with E-state index >= 15 is 0 Å². The highest BCUT2D eigenvalue weighted by atomic mass is 16.2. The van der Waals surface area contributed by atoms with E-state index in [-0.39, 0.29) is 11.8 Å². The van der Waals surface area contributed by atoms with Crippen LogP contribution in [0.25, 0.3) is 0 Å². The average Bonchev–Trinajstić information content (AvgIpc) is 2.56. The van der Waals surface area contributed by atoms with Gasteiger partial charge in [0.15, 0.2) is 0 Å². The van der Waals surface area contributed by atoms with Crippen molar-refractivity contribution < 1.29 is 4.79 Å². The molecule has 0 heterocycles. The van der Waals surface area contributed by atoms with Crippen molar-refractivity contribution in [3.05, 3.63) is 35.9 Å². The van der Waals surface area contributed by atoms with Gasteiger partial charge in [0.1, 0.15) is 0 Å². The Morgan fingerprint density at radius 2 is 1.86 bits per heavy atom. The van der Waals surface area contributed by atoms with Gasteiger partial charge in [-0.3, -0.25) is 4.79 Å². The maximum absolute atomic E-state index is 12.4. The summed E-state index contributed by atoms with van der Waals surface area (Å²) >= 11 is 0. The Balaban J connectivity index is 1.83. The third kappa shape index (κ3) is 5.13. The fourth-order valence-electron chi connectivity index (χ4n) is 3.35. The molecule has 1 aliphatic rings. The average molecular weight is 302 g/mol. The Morgan fingerprint density at radius 1 is 1.18 bits per heavy atom. The highest BCUT2D eigenvalue weighted by molar-refractivity contribution is 5.83. The molecule has 1 saturated carbocycles. The van der Waals surface area contributed by atoms with Crippen LogP contribution in [0.3, 0.4) is 0 Å². The van der Waals surface area contributed by atoms with Crippen molar-refractivity contribution in [1.82, 2.24) is 10.2 Å². The van der Waals surface area contributed by atoms with Crippen LogP contribution in [0.4, 0.5) is 0 Å². The molecule has 3 heteroatoms. The van der Waals surface area contributed by atoms with Gasteiger partial charge in [0.2, 0.25) is 5.91 Å². The fourth-order valence-corrected chi connectivity index (χ4v) is 3.35. The SMILES string of the molecule is CN(C)C(=O)C(CCCNC1CCCCC1)c1ccccc1. The zero-order chi connectivity index (χ0) is 15.8. The predicted octanol–water partition coefficient (Wildman–Crippen LogP) is 3.56. The topological polar surface area (TPSA) is 32.3 Å². The summed E-state index contributed by atoms with van der Waals surface area (Å²) in [4.78, 5) is 14.2. The summed E-state index contributed by atoms with van der Waals surface area (Å²) in [5, 5.41) is 3.67. The van der Waals surface area contributed by atoms with E-state index in [2.05, 4.69) is 17.4 Å². The predicted molar refractivity (Wildman–Crippen MR) is 92.0 cm³/mol. The van der Waals surface area contributed by atoms with Crippen LogP contribution in [0, 0.1) is 0 Å². The Labute approximate surface area is 135 Å². The molecular formula is C19H30N2O. The minimum absolute atomic E-state index is 0.00986. The van der Waals surface area contributed by atoms with E-state index in [0.717, 1.165) is 24.9 Å². The van der Waals surface area contributed by atoms with Gasteiger partial charge in [-0.15, -0.1) is 0 Å². The summed E-state index contributed by atoms with van der Waals surface area (Å²) < 4.78 is 0. The minimum Gasteiger partial charge on any atom is -0.348 e. The van der Waals surface area contributed by atoms with Gasteiger partial charge < -0.3 is 10.2 Å². The first-order valence-electron chi connectivity index (χ1n) is 8.68. The van der Waals surface area contributed by atoms with Crippen LogP contribution < -0.4 is 5.32 Å². The summed E-state index contributed by atoms with van der Waals surface area (Å²) in [5.41, 5.74) is 1.14. The van der Waals surface area contributed by atoms with Crippen LogP contribution in [-0.4, -0.2) is 37.5 Å². The molecule has 0 aromatic heterocycles. The van der Waals surface area contributed by atoms with Crippen LogP contribution in [0.15, 0.2) is 30.3 Å². The highest BCUT2D eigenvalue weighted by Crippen LogP contribution is 2.23. The molecule has 1 atom stereocenters. The quantitative estimate of drug-likeness (QED) is 0.781. The Morgan fingerprint density at radius 3 is 2.50 bits per heavy atom. The first-order valence-corrected chi connectivity index (χ1v) is 8.68. The number of amides is 1. The van der Waals surface area contributed by atoms with Crippen LogP contribution in [-0.2, 0) is 4.79 Å². The molecule has 22 heavy (non-hydrogen) atoms. The number of nitrogens with zero attached hydrogens (tertiary/aromatic N) is 1. The van der Waals surface area contributed by atoms with E-state index < -0.39 is 0 Å². The van der Waals surface area contributed by atoms with Gasteiger partial charge in [-0.25, -0.2) is 0 Å². The molecule has 2 rings (SSSR count). The summed E-state index contributed by atoms with van der Waals surface area (Å²) in [5.74, 6) is 0.202. The second-order valence-corrected chi connectivity index (χ2v) is 6.63. The maximum atomic E-state index is 12.4. The Hall–Kier alpha value is -1.35. The zero-order valence-corrected chi connectivity index (χ0v) is 14.1. The molecule has 122 valence electrons. The summed E-state index contributed by atoms with van der Waals surface area (Å²) in [6.45, 7) is 1.02. The molecule has 1 aromatic rings. The molecule has 0 bridgehead atoms. The number of hydrogen-bond acceptors (Lipinski definition) is 2. The molecule has 0 saturated heterocycles. The molecule has 1 aliphatic carbocycles. The highest BCUT2D eigenvalue weighted by Gasteiger charge is 2.21. The number of nitrogens with one attached hydrogen (secondary N) is 1. The van der Waals surface area contributed by atoms with Gasteiger partial charge >= 0.3 is 0 Å². The normalized spacial score (nSPS) is 17.2. The summed E-state index contributed by atoms with van der Waals surface area (Å²) in [6.07, 6.45) is 8.73. The molecule has 1 unspecified atom stereocenters. The monoisotopic (exact) mass is 302 g/mol. The lowest BCUT2D eigenvalue weighted by Crippen LogP contribution is -2.33. The number of benzene rings is 1. The molecule has 0 spiro atoms. The largest absolute Gasteiger partial charge is 0.348 e. The summed E-state index contributed by atoms with van der Waals surface area (Å²) in [6, 6.07) is 10.9. The Kier molecular flexibility index (Phi) is 6.91. The van der Waals surface area contributed by atoms with Crippen LogP contribution in [0.5, 0.6) is 0 Å². The lowest BCUT2D eigenvalue weighted by molar-refractivity contribution is -0.130. The van der Waals surface area contributed by atoms with Gasteiger partial charge in [0, 0.05) is 20.1 Å². The van der Waals surface area contributed by atoms with E-state index in [1.165, 1.54) is 32.1 Å². The van der Waals surface area contributed by atoms with Gasteiger partial charge in [0.25, 0.3) is 0 Å². The van der Waals surface area contributed by atoms with Gasteiger partial charge in [-0.2, -0.15) is 0 Å². The minimum atomic E-state index is -0.00986. The number of carbonyl (C=O) groups is 1. The molecule has 1 fully saturated rings. The second-order valence-electron chi connectivity index (χ2n) is 6.63. The number of carbonyl (C=O) groups excluding carboxylic acids is 1. The molecule has 1 N–H and O–H groups in total. The summed E-state index contributed by atoms with van der Waals surface area (Å²) in [7, 11) is 3.69. The fraction of sp³-hybridized carbons (Fsp3) is 0.632. The van der Waals surface area contributed by atoms with Gasteiger partial charge in [-0.1, -0.05) is 49.6 Å².